The molecule has 0 aromatic rings. The van der Waals surface area contributed by atoms with Crippen LogP contribution in [0.3, 0.4) is 0 Å². The van der Waals surface area contributed by atoms with E-state index >= 15 is 0 Å². The highest BCUT2D eigenvalue weighted by Gasteiger charge is 2.25. The maximum atomic E-state index is 9.25. The minimum Gasteiger partial charge on any atom is -0.377 e. The fourth-order valence-corrected chi connectivity index (χ4v) is 3.10. The summed E-state index contributed by atoms with van der Waals surface area (Å²) >= 11 is 0. The van der Waals surface area contributed by atoms with Gasteiger partial charge in [-0.05, 0) is 18.8 Å². The molecule has 0 amide bonds. The molecular weight excluding hydrogens is 266 g/mol. The fourth-order valence-electron chi connectivity index (χ4n) is 3.10. The van der Waals surface area contributed by atoms with Crippen LogP contribution in [0.4, 0.5) is 0 Å². The Bertz CT molecular complexity index is 329. The number of hydrogen-bond donors (Lipinski definition) is 0. The highest BCUT2D eigenvalue weighted by Crippen LogP contribution is 2.14. The van der Waals surface area contributed by atoms with Gasteiger partial charge in [0.25, 0.3) is 0 Å². The van der Waals surface area contributed by atoms with Gasteiger partial charge in [-0.3, -0.25) is 9.80 Å². The van der Waals surface area contributed by atoms with E-state index in [4.69, 9.17) is 9.47 Å². The lowest BCUT2D eigenvalue weighted by atomic mass is 10.0. The van der Waals surface area contributed by atoms with Gasteiger partial charge in [0.1, 0.15) is 6.04 Å². The molecule has 5 nitrogen and oxygen atoms in total. The smallest absolute Gasteiger partial charge is 0.100 e. The SMILES string of the molecule is CC(C)[C@@H](C#N)N1CCN(CCOC[C@H]2CCCO2)CC1. The highest BCUT2D eigenvalue weighted by atomic mass is 16.5. The maximum Gasteiger partial charge on any atom is 0.100 e. The summed E-state index contributed by atoms with van der Waals surface area (Å²) in [5.74, 6) is 0.399. The van der Waals surface area contributed by atoms with Crippen LogP contribution in [0.15, 0.2) is 0 Å². The van der Waals surface area contributed by atoms with Crippen molar-refractivity contribution in [3.05, 3.63) is 0 Å². The second-order valence-corrected chi connectivity index (χ2v) is 6.41. The first-order valence-corrected chi connectivity index (χ1v) is 8.26. The van der Waals surface area contributed by atoms with Gasteiger partial charge in [-0.15, -0.1) is 0 Å². The standard InChI is InChI=1S/C16H29N3O2/c1-14(2)16(12-17)19-7-5-18(6-8-19)9-11-20-13-15-4-3-10-21-15/h14-16H,3-11,13H2,1-2H3/t15-,16-/m1/s1. The summed E-state index contributed by atoms with van der Waals surface area (Å²) in [6.45, 7) is 11.7. The zero-order valence-corrected chi connectivity index (χ0v) is 13.5. The normalized spacial score (nSPS) is 26.1. The van der Waals surface area contributed by atoms with Gasteiger partial charge < -0.3 is 9.47 Å². The van der Waals surface area contributed by atoms with E-state index < -0.39 is 0 Å². The molecule has 2 heterocycles. The lowest BCUT2D eigenvalue weighted by Crippen LogP contribution is -2.51. The molecule has 0 unspecified atom stereocenters. The molecule has 120 valence electrons. The van der Waals surface area contributed by atoms with Crippen LogP contribution >= 0.6 is 0 Å². The summed E-state index contributed by atoms with van der Waals surface area (Å²) in [6, 6.07) is 2.50. The number of nitrogens with zero attached hydrogens (tertiary/aromatic N) is 3. The van der Waals surface area contributed by atoms with Crippen LogP contribution in [0.25, 0.3) is 0 Å². The molecule has 0 aromatic heterocycles. The number of nitriles is 1. The van der Waals surface area contributed by atoms with Gasteiger partial charge in [0, 0.05) is 39.3 Å². The van der Waals surface area contributed by atoms with Gasteiger partial charge in [0.05, 0.1) is 25.4 Å². The third kappa shape index (κ3) is 5.23. The van der Waals surface area contributed by atoms with Crippen molar-refractivity contribution in [2.45, 2.75) is 38.8 Å². The van der Waals surface area contributed by atoms with E-state index in [0.717, 1.165) is 59.0 Å². The zero-order chi connectivity index (χ0) is 15.1. The van der Waals surface area contributed by atoms with Crippen LogP contribution < -0.4 is 0 Å². The van der Waals surface area contributed by atoms with E-state index in [9.17, 15) is 5.26 Å². The second-order valence-electron chi connectivity index (χ2n) is 6.41. The lowest BCUT2D eigenvalue weighted by Gasteiger charge is -2.38. The monoisotopic (exact) mass is 295 g/mol. The molecule has 2 saturated heterocycles. The van der Waals surface area contributed by atoms with Crippen LogP contribution in [0.2, 0.25) is 0 Å². The average Bonchev–Trinajstić information content (AvgIpc) is 2.99. The van der Waals surface area contributed by atoms with Gasteiger partial charge in [0.2, 0.25) is 0 Å². The van der Waals surface area contributed by atoms with Gasteiger partial charge in [0.15, 0.2) is 0 Å². The van der Waals surface area contributed by atoms with Crippen molar-refractivity contribution in [1.82, 2.24) is 9.80 Å². The topological polar surface area (TPSA) is 48.7 Å². The minimum absolute atomic E-state index is 0.0583. The molecule has 2 rings (SSSR count). The molecule has 0 aliphatic carbocycles. The number of ether oxygens (including phenoxy) is 2. The minimum atomic E-state index is 0.0583. The van der Waals surface area contributed by atoms with Crippen LogP contribution in [0.1, 0.15) is 26.7 Å². The Morgan fingerprint density at radius 2 is 2.05 bits per heavy atom. The lowest BCUT2D eigenvalue weighted by molar-refractivity contribution is 0.00476. The fraction of sp³-hybridized carbons (Fsp3) is 0.938. The summed E-state index contributed by atoms with van der Waals surface area (Å²) in [5, 5.41) is 9.25. The molecule has 0 spiro atoms. The van der Waals surface area contributed by atoms with E-state index in [0.29, 0.717) is 12.0 Å². The molecule has 5 heteroatoms. The quantitative estimate of drug-likeness (QED) is 0.664. The van der Waals surface area contributed by atoms with Crippen molar-refractivity contribution < 1.29 is 9.47 Å². The first kappa shape index (κ1) is 16.7. The van der Waals surface area contributed by atoms with Gasteiger partial charge >= 0.3 is 0 Å². The van der Waals surface area contributed by atoms with Gasteiger partial charge in [-0.2, -0.15) is 5.26 Å². The van der Waals surface area contributed by atoms with Gasteiger partial charge in [-0.1, -0.05) is 13.8 Å². The zero-order valence-electron chi connectivity index (χ0n) is 13.5. The van der Waals surface area contributed by atoms with Crippen molar-refractivity contribution in [1.29, 1.82) is 5.26 Å². The van der Waals surface area contributed by atoms with Crippen molar-refractivity contribution in [3.8, 4) is 6.07 Å². The molecule has 0 aromatic carbocycles. The van der Waals surface area contributed by atoms with Crippen molar-refractivity contribution >= 4 is 0 Å². The summed E-state index contributed by atoms with van der Waals surface area (Å²) in [4.78, 5) is 4.75. The van der Waals surface area contributed by atoms with E-state index in [1.54, 1.807) is 0 Å². The Kier molecular flexibility index (Phi) is 6.91. The Morgan fingerprint density at radius 3 is 2.62 bits per heavy atom. The Labute approximate surface area is 128 Å². The molecular formula is C16H29N3O2. The molecule has 2 aliphatic rings. The molecule has 21 heavy (non-hydrogen) atoms. The summed E-state index contributed by atoms with van der Waals surface area (Å²) in [7, 11) is 0. The summed E-state index contributed by atoms with van der Waals surface area (Å²) in [6.07, 6.45) is 2.64. The van der Waals surface area contributed by atoms with Crippen LogP contribution in [0.5, 0.6) is 0 Å². The largest absolute Gasteiger partial charge is 0.377 e. The second kappa shape index (κ2) is 8.70. The molecule has 0 saturated carbocycles. The number of rotatable bonds is 7. The first-order chi connectivity index (χ1) is 10.2. The molecule has 2 aliphatic heterocycles. The molecule has 0 bridgehead atoms. The Morgan fingerprint density at radius 1 is 1.29 bits per heavy atom. The first-order valence-electron chi connectivity index (χ1n) is 8.26. The van der Waals surface area contributed by atoms with Crippen LogP contribution in [0, 0.1) is 17.2 Å². The Hall–Kier alpha value is -0.670. The Balaban J connectivity index is 1.57. The van der Waals surface area contributed by atoms with E-state index in [1.807, 2.05) is 0 Å². The number of piperazine rings is 1. The van der Waals surface area contributed by atoms with E-state index in [1.165, 1.54) is 6.42 Å². The van der Waals surface area contributed by atoms with Gasteiger partial charge in [-0.25, -0.2) is 0 Å². The average molecular weight is 295 g/mol. The third-order valence-electron chi connectivity index (χ3n) is 4.44. The van der Waals surface area contributed by atoms with Crippen molar-refractivity contribution in [3.63, 3.8) is 0 Å². The van der Waals surface area contributed by atoms with Crippen LogP contribution in [-0.2, 0) is 9.47 Å². The molecule has 2 atom stereocenters. The van der Waals surface area contributed by atoms with Crippen molar-refractivity contribution in [2.24, 2.45) is 5.92 Å². The molecule has 2 fully saturated rings. The van der Waals surface area contributed by atoms with Crippen LogP contribution in [-0.4, -0.2) is 74.5 Å². The molecule has 0 radical (unpaired) electrons. The predicted octanol–water partition coefficient (Wildman–Crippen LogP) is 1.35. The number of hydrogen-bond acceptors (Lipinski definition) is 5. The third-order valence-corrected chi connectivity index (χ3v) is 4.44. The molecule has 0 N–H and O–H groups in total. The summed E-state index contributed by atoms with van der Waals surface area (Å²) < 4.78 is 11.3. The highest BCUT2D eigenvalue weighted by molar-refractivity contribution is 4.95. The maximum absolute atomic E-state index is 9.25. The predicted molar refractivity (Wildman–Crippen MR) is 82.0 cm³/mol. The summed E-state index contributed by atoms with van der Waals surface area (Å²) in [5.41, 5.74) is 0. The van der Waals surface area contributed by atoms with E-state index in [-0.39, 0.29) is 6.04 Å². The van der Waals surface area contributed by atoms with E-state index in [2.05, 4.69) is 29.7 Å². The van der Waals surface area contributed by atoms with Crippen molar-refractivity contribution in [2.75, 3.05) is 52.5 Å².